The van der Waals surface area contributed by atoms with E-state index in [1.165, 1.54) is 38.5 Å². The third-order valence-corrected chi connectivity index (χ3v) is 8.59. The molecule has 21 heavy (non-hydrogen) atoms. The third kappa shape index (κ3) is 1.91. The molecule has 8 atom stereocenters. The molecule has 4 saturated carbocycles. The molecule has 0 amide bonds. The Kier molecular flexibility index (Phi) is 3.25. The first kappa shape index (κ1) is 14.5. The van der Waals surface area contributed by atoms with Crippen LogP contribution in [-0.2, 0) is 0 Å². The number of fused-ring (bicyclic) bond motifs is 5. The highest BCUT2D eigenvalue weighted by Gasteiger charge is 2.59. The quantitative estimate of drug-likeness (QED) is 0.714. The fourth-order valence-electron chi connectivity index (χ4n) is 7.21. The van der Waals surface area contributed by atoms with Crippen LogP contribution in [0.1, 0.15) is 71.6 Å². The highest BCUT2D eigenvalue weighted by molar-refractivity contribution is 5.09. The SMILES string of the molecule is C[C@@]12CC[C@@H]3[C@H](CC[C@H]4C[C@@H](O)CC[C@]43C)[C@H]1CC[C@H]2O. The Bertz CT molecular complexity index is 422. The molecule has 4 aliphatic rings. The molecule has 4 aliphatic carbocycles. The first-order valence-corrected chi connectivity index (χ1v) is 9.31. The number of aliphatic hydroxyl groups is 2. The van der Waals surface area contributed by atoms with E-state index in [2.05, 4.69) is 13.8 Å². The third-order valence-electron chi connectivity index (χ3n) is 8.59. The van der Waals surface area contributed by atoms with Crippen LogP contribution in [0.5, 0.6) is 0 Å². The van der Waals surface area contributed by atoms with E-state index < -0.39 is 0 Å². The van der Waals surface area contributed by atoms with Crippen molar-refractivity contribution in [1.82, 2.24) is 0 Å². The molecule has 0 aromatic rings. The zero-order valence-electron chi connectivity index (χ0n) is 13.7. The molecule has 0 aromatic heterocycles. The van der Waals surface area contributed by atoms with Gasteiger partial charge in [-0.1, -0.05) is 13.8 Å². The number of hydrogen-bond donors (Lipinski definition) is 2. The molecule has 0 spiro atoms. The first-order valence-electron chi connectivity index (χ1n) is 9.31. The van der Waals surface area contributed by atoms with E-state index in [1.54, 1.807) is 0 Å². The Morgan fingerprint density at radius 2 is 1.48 bits per heavy atom. The second-order valence-corrected chi connectivity index (χ2v) is 9.22. The molecule has 0 bridgehead atoms. The minimum absolute atomic E-state index is 0.0400. The van der Waals surface area contributed by atoms with Gasteiger partial charge in [0.2, 0.25) is 0 Å². The second kappa shape index (κ2) is 4.71. The second-order valence-electron chi connectivity index (χ2n) is 9.22. The van der Waals surface area contributed by atoms with Crippen LogP contribution in [0.2, 0.25) is 0 Å². The summed E-state index contributed by atoms with van der Waals surface area (Å²) in [6.07, 6.45) is 10.7. The topological polar surface area (TPSA) is 40.5 Å². The zero-order chi connectivity index (χ0) is 14.8. The van der Waals surface area contributed by atoms with Crippen molar-refractivity contribution in [3.63, 3.8) is 0 Å². The predicted octanol–water partition coefficient (Wildman–Crippen LogP) is 3.75. The first-order chi connectivity index (χ1) is 9.95. The number of rotatable bonds is 0. The molecule has 2 heteroatoms. The molecule has 0 saturated heterocycles. The van der Waals surface area contributed by atoms with Crippen LogP contribution in [0.4, 0.5) is 0 Å². The van der Waals surface area contributed by atoms with Gasteiger partial charge < -0.3 is 10.2 Å². The van der Waals surface area contributed by atoms with Crippen molar-refractivity contribution in [3.05, 3.63) is 0 Å². The molecule has 0 heterocycles. The van der Waals surface area contributed by atoms with Crippen molar-refractivity contribution in [2.24, 2.45) is 34.5 Å². The van der Waals surface area contributed by atoms with Gasteiger partial charge in [-0.05, 0) is 92.3 Å². The zero-order valence-corrected chi connectivity index (χ0v) is 13.7. The van der Waals surface area contributed by atoms with E-state index in [4.69, 9.17) is 0 Å². The van der Waals surface area contributed by atoms with Gasteiger partial charge in [-0.15, -0.1) is 0 Å². The monoisotopic (exact) mass is 292 g/mol. The molecule has 2 N–H and O–H groups in total. The average Bonchev–Trinajstić information content (AvgIpc) is 2.76. The van der Waals surface area contributed by atoms with Crippen LogP contribution < -0.4 is 0 Å². The molecule has 0 aromatic carbocycles. The maximum absolute atomic E-state index is 10.5. The number of aliphatic hydroxyl groups excluding tert-OH is 2. The Morgan fingerprint density at radius 3 is 2.29 bits per heavy atom. The van der Waals surface area contributed by atoms with E-state index in [1.807, 2.05) is 0 Å². The van der Waals surface area contributed by atoms with Crippen LogP contribution in [0.25, 0.3) is 0 Å². The summed E-state index contributed by atoms with van der Waals surface area (Å²) in [5.41, 5.74) is 0.676. The van der Waals surface area contributed by atoms with Gasteiger partial charge in [-0.3, -0.25) is 0 Å². The van der Waals surface area contributed by atoms with Gasteiger partial charge in [0.05, 0.1) is 12.2 Å². The minimum Gasteiger partial charge on any atom is -0.393 e. The summed E-state index contributed by atoms with van der Waals surface area (Å²) in [6.45, 7) is 4.90. The maximum Gasteiger partial charge on any atom is 0.0596 e. The van der Waals surface area contributed by atoms with Gasteiger partial charge in [0.25, 0.3) is 0 Å². The van der Waals surface area contributed by atoms with Crippen LogP contribution in [0.15, 0.2) is 0 Å². The van der Waals surface area contributed by atoms with Gasteiger partial charge in [-0.25, -0.2) is 0 Å². The van der Waals surface area contributed by atoms with Crippen molar-refractivity contribution < 1.29 is 10.2 Å². The molecule has 0 aliphatic heterocycles. The summed E-state index contributed by atoms with van der Waals surface area (Å²) < 4.78 is 0. The van der Waals surface area contributed by atoms with Crippen LogP contribution in [-0.4, -0.2) is 22.4 Å². The van der Waals surface area contributed by atoms with Crippen molar-refractivity contribution in [2.75, 3.05) is 0 Å². The summed E-state index contributed by atoms with van der Waals surface area (Å²) in [5, 5.41) is 20.5. The van der Waals surface area contributed by atoms with Crippen molar-refractivity contribution >= 4 is 0 Å². The highest BCUT2D eigenvalue weighted by atomic mass is 16.3. The minimum atomic E-state index is -0.0536. The van der Waals surface area contributed by atoms with Gasteiger partial charge in [0.15, 0.2) is 0 Å². The van der Waals surface area contributed by atoms with E-state index >= 15 is 0 Å². The summed E-state index contributed by atoms with van der Waals surface area (Å²) in [4.78, 5) is 0. The highest BCUT2D eigenvalue weighted by Crippen LogP contribution is 2.66. The molecule has 120 valence electrons. The molecule has 2 nitrogen and oxygen atoms in total. The van der Waals surface area contributed by atoms with Gasteiger partial charge in [-0.2, -0.15) is 0 Å². The van der Waals surface area contributed by atoms with Crippen molar-refractivity contribution in [1.29, 1.82) is 0 Å². The maximum atomic E-state index is 10.5. The van der Waals surface area contributed by atoms with Gasteiger partial charge in [0.1, 0.15) is 0 Å². The van der Waals surface area contributed by atoms with E-state index in [9.17, 15) is 10.2 Å². The Labute approximate surface area is 129 Å². The summed E-state index contributed by atoms with van der Waals surface area (Å²) in [6, 6.07) is 0. The predicted molar refractivity (Wildman–Crippen MR) is 83.7 cm³/mol. The lowest BCUT2D eigenvalue weighted by atomic mass is 9.45. The Balaban J connectivity index is 1.62. The smallest absolute Gasteiger partial charge is 0.0596 e. The summed E-state index contributed by atoms with van der Waals surface area (Å²) in [5.74, 6) is 3.21. The summed E-state index contributed by atoms with van der Waals surface area (Å²) >= 11 is 0. The lowest BCUT2D eigenvalue weighted by Crippen LogP contribution is -2.54. The summed E-state index contributed by atoms with van der Waals surface area (Å²) in [7, 11) is 0. The van der Waals surface area contributed by atoms with E-state index in [0.29, 0.717) is 5.41 Å². The average molecular weight is 292 g/mol. The Hall–Kier alpha value is -0.0800. The largest absolute Gasteiger partial charge is 0.393 e. The van der Waals surface area contributed by atoms with Crippen LogP contribution >= 0.6 is 0 Å². The lowest BCUT2D eigenvalue weighted by molar-refractivity contribution is -0.133. The molecular formula is C19H32O2. The van der Waals surface area contributed by atoms with Crippen LogP contribution in [0.3, 0.4) is 0 Å². The molecule has 4 rings (SSSR count). The van der Waals surface area contributed by atoms with Crippen molar-refractivity contribution in [2.45, 2.75) is 83.8 Å². The lowest BCUT2D eigenvalue weighted by Gasteiger charge is -2.60. The van der Waals surface area contributed by atoms with Gasteiger partial charge in [0, 0.05) is 0 Å². The van der Waals surface area contributed by atoms with Gasteiger partial charge >= 0.3 is 0 Å². The van der Waals surface area contributed by atoms with E-state index in [0.717, 1.165) is 42.9 Å². The molecule has 4 fully saturated rings. The van der Waals surface area contributed by atoms with Crippen LogP contribution in [0, 0.1) is 34.5 Å². The van der Waals surface area contributed by atoms with E-state index in [-0.39, 0.29) is 17.6 Å². The number of hydrogen-bond acceptors (Lipinski definition) is 2. The fourth-order valence-corrected chi connectivity index (χ4v) is 7.21. The molecule has 0 radical (unpaired) electrons. The van der Waals surface area contributed by atoms with Crippen molar-refractivity contribution in [3.8, 4) is 0 Å². The molecular weight excluding hydrogens is 260 g/mol. The Morgan fingerprint density at radius 1 is 0.762 bits per heavy atom. The molecule has 0 unspecified atom stereocenters. The fraction of sp³-hybridized carbons (Fsp3) is 1.00. The standard InChI is InChI=1S/C19H32O2/c1-18-9-7-13(20)11-12(18)3-4-14-15-5-6-17(21)19(15,2)10-8-16(14)18/h12-17,20-21H,3-11H2,1-2H3/t12-,13-,14+,15+,16+,17+,18+,19+/m0/s1. The normalized spacial score (nSPS) is 60.0.